The number of nitrogens with zero attached hydrogens (tertiary/aromatic N) is 4. The van der Waals surface area contributed by atoms with Crippen molar-refractivity contribution in [1.29, 1.82) is 0 Å². The Bertz CT molecular complexity index is 1080. The van der Waals surface area contributed by atoms with E-state index < -0.39 is 0 Å². The molecule has 0 unspecified atom stereocenters. The number of hydrogen-bond donors (Lipinski definition) is 1. The Kier molecular flexibility index (Phi) is 4.68. The van der Waals surface area contributed by atoms with Gasteiger partial charge in [0, 0.05) is 23.9 Å². The minimum absolute atomic E-state index is 0.510. The first-order chi connectivity index (χ1) is 13.5. The van der Waals surface area contributed by atoms with Crippen molar-refractivity contribution in [3.05, 3.63) is 52.9 Å². The van der Waals surface area contributed by atoms with Crippen molar-refractivity contribution in [2.45, 2.75) is 34.1 Å². The first kappa shape index (κ1) is 18.0. The van der Waals surface area contributed by atoms with Crippen LogP contribution in [0.4, 0.5) is 5.95 Å². The fourth-order valence-corrected chi connectivity index (χ4v) is 3.06. The van der Waals surface area contributed by atoms with Crippen molar-refractivity contribution >= 4 is 5.95 Å². The summed E-state index contributed by atoms with van der Waals surface area (Å²) in [4.78, 5) is 9.11. The predicted molar refractivity (Wildman–Crippen MR) is 103 cm³/mol. The fourth-order valence-electron chi connectivity index (χ4n) is 3.06. The third kappa shape index (κ3) is 3.28. The van der Waals surface area contributed by atoms with Crippen LogP contribution in [0.5, 0.6) is 0 Å². The predicted octanol–water partition coefficient (Wildman–Crippen LogP) is 4.27. The van der Waals surface area contributed by atoms with Gasteiger partial charge < -0.3 is 18.8 Å². The van der Waals surface area contributed by atoms with Crippen LogP contribution in [0, 0.1) is 27.7 Å². The van der Waals surface area contributed by atoms with Gasteiger partial charge in [-0.1, -0.05) is 10.3 Å². The minimum atomic E-state index is 0.510. The Balaban J connectivity index is 1.61. The number of aryl methyl sites for hydroxylation is 3. The number of rotatable bonds is 6. The molecular formula is C20H21N5O3. The average Bonchev–Trinajstić information content (AvgIpc) is 3.41. The highest BCUT2D eigenvalue weighted by atomic mass is 16.5. The Morgan fingerprint density at radius 3 is 2.50 bits per heavy atom. The van der Waals surface area contributed by atoms with Gasteiger partial charge in [0.15, 0.2) is 11.5 Å². The topological polar surface area (TPSA) is 103 Å². The zero-order valence-electron chi connectivity index (χ0n) is 16.2. The lowest BCUT2D eigenvalue weighted by Gasteiger charge is -2.09. The molecule has 0 amide bonds. The van der Waals surface area contributed by atoms with E-state index in [0.717, 1.165) is 40.3 Å². The molecule has 0 aliphatic rings. The molecule has 4 heterocycles. The molecule has 0 saturated carbocycles. The number of furan rings is 1. The summed E-state index contributed by atoms with van der Waals surface area (Å²) < 4.78 is 16.3. The summed E-state index contributed by atoms with van der Waals surface area (Å²) >= 11 is 0. The summed E-state index contributed by atoms with van der Waals surface area (Å²) in [5.74, 6) is 2.63. The standard InChI is InChI=1S/C20H21N5O3/c1-11-12(2)24-28-19(11)16-10-22-20(23-18(16)17-6-5-9-26-17)21-8-7-15-13(3)25-27-14(15)4/h5-6,9-10H,7-8H2,1-4H3,(H,21,22,23). The highest BCUT2D eigenvalue weighted by molar-refractivity contribution is 5.77. The quantitative estimate of drug-likeness (QED) is 0.530. The van der Waals surface area contributed by atoms with E-state index in [0.29, 0.717) is 29.7 Å². The smallest absolute Gasteiger partial charge is 0.223 e. The normalized spacial score (nSPS) is 11.1. The van der Waals surface area contributed by atoms with E-state index in [2.05, 4.69) is 25.6 Å². The van der Waals surface area contributed by atoms with Gasteiger partial charge in [-0.3, -0.25) is 0 Å². The molecule has 4 rings (SSSR count). The zero-order chi connectivity index (χ0) is 19.7. The van der Waals surface area contributed by atoms with Gasteiger partial charge in [0.1, 0.15) is 11.5 Å². The number of hydrogen-bond acceptors (Lipinski definition) is 8. The molecule has 1 N–H and O–H groups in total. The van der Waals surface area contributed by atoms with Gasteiger partial charge in [0.05, 0.1) is 23.2 Å². The first-order valence-electron chi connectivity index (χ1n) is 9.04. The third-order valence-electron chi connectivity index (χ3n) is 4.78. The van der Waals surface area contributed by atoms with Gasteiger partial charge in [-0.05, 0) is 46.2 Å². The van der Waals surface area contributed by atoms with Crippen LogP contribution in [0.2, 0.25) is 0 Å². The summed E-state index contributed by atoms with van der Waals surface area (Å²) in [6.07, 6.45) is 4.11. The molecule has 0 atom stereocenters. The zero-order valence-corrected chi connectivity index (χ0v) is 16.2. The van der Waals surface area contributed by atoms with Crippen molar-refractivity contribution in [2.24, 2.45) is 0 Å². The van der Waals surface area contributed by atoms with Crippen LogP contribution in [0.25, 0.3) is 22.8 Å². The third-order valence-corrected chi connectivity index (χ3v) is 4.78. The molecule has 0 bridgehead atoms. The Morgan fingerprint density at radius 1 is 1.04 bits per heavy atom. The van der Waals surface area contributed by atoms with Crippen LogP contribution in [-0.4, -0.2) is 26.8 Å². The molecule has 4 aromatic heterocycles. The van der Waals surface area contributed by atoms with Gasteiger partial charge in [-0.15, -0.1) is 0 Å². The molecule has 8 heteroatoms. The first-order valence-corrected chi connectivity index (χ1v) is 9.04. The highest BCUT2D eigenvalue weighted by Crippen LogP contribution is 2.33. The number of aromatic nitrogens is 4. The van der Waals surface area contributed by atoms with Gasteiger partial charge in [-0.2, -0.15) is 0 Å². The molecule has 28 heavy (non-hydrogen) atoms. The monoisotopic (exact) mass is 379 g/mol. The lowest BCUT2D eigenvalue weighted by atomic mass is 10.1. The van der Waals surface area contributed by atoms with Crippen LogP contribution >= 0.6 is 0 Å². The van der Waals surface area contributed by atoms with E-state index >= 15 is 0 Å². The van der Waals surface area contributed by atoms with E-state index in [1.165, 1.54) is 0 Å². The van der Waals surface area contributed by atoms with Gasteiger partial charge in [0.25, 0.3) is 0 Å². The van der Waals surface area contributed by atoms with E-state index in [-0.39, 0.29) is 0 Å². The average molecular weight is 379 g/mol. The molecule has 0 aromatic carbocycles. The minimum Gasteiger partial charge on any atom is -0.463 e. The van der Waals surface area contributed by atoms with E-state index in [1.807, 2.05) is 39.8 Å². The number of nitrogens with one attached hydrogen (secondary N) is 1. The molecule has 0 saturated heterocycles. The molecular weight excluding hydrogens is 358 g/mol. The second-order valence-corrected chi connectivity index (χ2v) is 6.63. The van der Waals surface area contributed by atoms with Gasteiger partial charge >= 0.3 is 0 Å². The lowest BCUT2D eigenvalue weighted by Crippen LogP contribution is -2.09. The van der Waals surface area contributed by atoms with Crippen LogP contribution in [0.1, 0.15) is 28.3 Å². The second kappa shape index (κ2) is 7.30. The van der Waals surface area contributed by atoms with Gasteiger partial charge in [-0.25, -0.2) is 9.97 Å². The Labute approximate surface area is 162 Å². The Morgan fingerprint density at radius 2 is 1.86 bits per heavy atom. The summed E-state index contributed by atoms with van der Waals surface area (Å²) in [7, 11) is 0. The van der Waals surface area contributed by atoms with Crippen LogP contribution in [0.15, 0.2) is 38.1 Å². The SMILES string of the molecule is Cc1noc(-c2cnc(NCCc3c(C)noc3C)nc2-c2ccco2)c1C. The summed E-state index contributed by atoms with van der Waals surface area (Å²) in [5.41, 5.74) is 5.19. The Hall–Kier alpha value is -3.42. The summed E-state index contributed by atoms with van der Waals surface area (Å²) in [5, 5.41) is 11.3. The maximum absolute atomic E-state index is 5.58. The van der Waals surface area contributed by atoms with Crippen molar-refractivity contribution < 1.29 is 13.5 Å². The van der Waals surface area contributed by atoms with E-state index in [1.54, 1.807) is 12.5 Å². The van der Waals surface area contributed by atoms with Crippen molar-refractivity contribution in [2.75, 3.05) is 11.9 Å². The molecule has 4 aromatic rings. The van der Waals surface area contributed by atoms with Crippen LogP contribution in [0.3, 0.4) is 0 Å². The molecule has 8 nitrogen and oxygen atoms in total. The molecule has 144 valence electrons. The maximum atomic E-state index is 5.58. The maximum Gasteiger partial charge on any atom is 0.223 e. The largest absolute Gasteiger partial charge is 0.463 e. The van der Waals surface area contributed by atoms with Crippen molar-refractivity contribution in [3.8, 4) is 22.8 Å². The van der Waals surface area contributed by atoms with E-state index in [4.69, 9.17) is 13.5 Å². The summed E-state index contributed by atoms with van der Waals surface area (Å²) in [6, 6.07) is 3.68. The lowest BCUT2D eigenvalue weighted by molar-refractivity contribution is 0.392. The fraction of sp³-hybridized carbons (Fsp3) is 0.300. The van der Waals surface area contributed by atoms with Crippen LogP contribution in [-0.2, 0) is 6.42 Å². The van der Waals surface area contributed by atoms with E-state index in [9.17, 15) is 0 Å². The molecule has 0 spiro atoms. The van der Waals surface area contributed by atoms with Crippen molar-refractivity contribution in [3.63, 3.8) is 0 Å². The molecule has 0 aliphatic heterocycles. The highest BCUT2D eigenvalue weighted by Gasteiger charge is 2.20. The summed E-state index contributed by atoms with van der Waals surface area (Å²) in [6.45, 7) is 8.37. The van der Waals surface area contributed by atoms with Gasteiger partial charge in [0.2, 0.25) is 5.95 Å². The molecule has 0 fully saturated rings. The number of anilines is 1. The van der Waals surface area contributed by atoms with Crippen LogP contribution < -0.4 is 5.32 Å². The second-order valence-electron chi connectivity index (χ2n) is 6.63. The molecule has 0 radical (unpaired) electrons. The molecule has 0 aliphatic carbocycles. The van der Waals surface area contributed by atoms with Crippen molar-refractivity contribution in [1.82, 2.24) is 20.3 Å².